The third-order valence-corrected chi connectivity index (χ3v) is 4.29. The number of benzene rings is 1. The van der Waals surface area contributed by atoms with Gasteiger partial charge in [0, 0.05) is 13.0 Å². The summed E-state index contributed by atoms with van der Waals surface area (Å²) in [5.41, 5.74) is 10.6. The molecule has 1 aromatic heterocycles. The molecule has 0 fully saturated rings. The summed E-state index contributed by atoms with van der Waals surface area (Å²) in [6.07, 6.45) is 1.67. The summed E-state index contributed by atoms with van der Waals surface area (Å²) in [4.78, 5) is 0. The molecule has 1 unspecified atom stereocenters. The molecule has 0 amide bonds. The normalized spacial score (nSPS) is 12.7. The Balaban J connectivity index is 2.32. The summed E-state index contributed by atoms with van der Waals surface area (Å²) in [5, 5.41) is 5.27. The summed E-state index contributed by atoms with van der Waals surface area (Å²) >= 11 is 6.43. The largest absolute Gasteiger partial charge is 0.330 e. The van der Waals surface area contributed by atoms with Crippen LogP contribution < -0.4 is 5.73 Å². The summed E-state index contributed by atoms with van der Waals surface area (Å²) < 4.78 is 1.89. The Labute approximate surface area is 125 Å². The van der Waals surface area contributed by atoms with Crippen molar-refractivity contribution in [3.8, 4) is 0 Å². The van der Waals surface area contributed by atoms with Gasteiger partial charge in [-0.25, -0.2) is 0 Å². The van der Waals surface area contributed by atoms with E-state index in [1.807, 2.05) is 11.7 Å². The minimum Gasteiger partial charge on any atom is -0.330 e. The minimum atomic E-state index is 0.272. The SMILES string of the molecule is CCc1nn(C)c(CC(CN)c2ccccc2C)c1Cl. The van der Waals surface area contributed by atoms with E-state index in [2.05, 4.69) is 43.2 Å². The molecule has 0 aliphatic carbocycles. The van der Waals surface area contributed by atoms with E-state index in [9.17, 15) is 0 Å². The van der Waals surface area contributed by atoms with Crippen molar-refractivity contribution in [3.05, 3.63) is 51.8 Å². The Kier molecular flexibility index (Phi) is 4.84. The first-order chi connectivity index (χ1) is 9.58. The van der Waals surface area contributed by atoms with Crippen molar-refractivity contribution in [2.75, 3.05) is 6.54 Å². The minimum absolute atomic E-state index is 0.272. The molecular weight excluding hydrogens is 270 g/mol. The van der Waals surface area contributed by atoms with E-state index in [0.717, 1.165) is 29.3 Å². The van der Waals surface area contributed by atoms with Gasteiger partial charge < -0.3 is 5.73 Å². The lowest BCUT2D eigenvalue weighted by atomic mass is 9.91. The first kappa shape index (κ1) is 15.1. The predicted molar refractivity (Wildman–Crippen MR) is 84.3 cm³/mol. The van der Waals surface area contributed by atoms with E-state index in [4.69, 9.17) is 17.3 Å². The van der Waals surface area contributed by atoms with Crippen LogP contribution in [0.1, 0.15) is 35.4 Å². The van der Waals surface area contributed by atoms with Crippen LogP contribution in [0.15, 0.2) is 24.3 Å². The number of aryl methyl sites for hydroxylation is 3. The molecule has 0 saturated carbocycles. The maximum absolute atomic E-state index is 6.43. The number of rotatable bonds is 5. The molecule has 0 spiro atoms. The van der Waals surface area contributed by atoms with Gasteiger partial charge in [0.05, 0.1) is 16.4 Å². The molecule has 20 heavy (non-hydrogen) atoms. The number of nitrogens with zero attached hydrogens (tertiary/aromatic N) is 2. The highest BCUT2D eigenvalue weighted by Crippen LogP contribution is 2.28. The van der Waals surface area contributed by atoms with Crippen molar-refractivity contribution < 1.29 is 0 Å². The Morgan fingerprint density at radius 1 is 1.35 bits per heavy atom. The quantitative estimate of drug-likeness (QED) is 0.919. The van der Waals surface area contributed by atoms with Gasteiger partial charge in [0.1, 0.15) is 0 Å². The topological polar surface area (TPSA) is 43.8 Å². The third-order valence-electron chi connectivity index (χ3n) is 3.86. The number of halogens is 1. The lowest BCUT2D eigenvalue weighted by molar-refractivity contribution is 0.626. The molecule has 3 nitrogen and oxygen atoms in total. The number of nitrogens with two attached hydrogens (primary N) is 1. The molecule has 0 aliphatic heterocycles. The van der Waals surface area contributed by atoms with Crippen molar-refractivity contribution >= 4 is 11.6 Å². The lowest BCUT2D eigenvalue weighted by Gasteiger charge is -2.18. The van der Waals surface area contributed by atoms with Gasteiger partial charge in [0.25, 0.3) is 0 Å². The van der Waals surface area contributed by atoms with Gasteiger partial charge in [-0.15, -0.1) is 0 Å². The molecule has 0 saturated heterocycles. The highest BCUT2D eigenvalue weighted by atomic mass is 35.5. The average Bonchev–Trinajstić information content (AvgIpc) is 2.72. The van der Waals surface area contributed by atoms with Crippen molar-refractivity contribution in [2.45, 2.75) is 32.6 Å². The van der Waals surface area contributed by atoms with E-state index in [1.54, 1.807) is 0 Å². The zero-order valence-electron chi connectivity index (χ0n) is 12.4. The standard InChI is InChI=1S/C16H22ClN3/c1-4-14-16(17)15(20(3)19-14)9-12(10-18)13-8-6-5-7-11(13)2/h5-8,12H,4,9-10,18H2,1-3H3. The van der Waals surface area contributed by atoms with Crippen LogP contribution in [0.25, 0.3) is 0 Å². The highest BCUT2D eigenvalue weighted by Gasteiger charge is 2.19. The monoisotopic (exact) mass is 291 g/mol. The average molecular weight is 292 g/mol. The molecule has 2 N–H and O–H groups in total. The van der Waals surface area contributed by atoms with Gasteiger partial charge in [0.15, 0.2) is 0 Å². The zero-order valence-corrected chi connectivity index (χ0v) is 13.1. The van der Waals surface area contributed by atoms with Crippen LogP contribution in [0.3, 0.4) is 0 Å². The molecule has 2 rings (SSSR count). The van der Waals surface area contributed by atoms with Gasteiger partial charge in [-0.2, -0.15) is 5.10 Å². The van der Waals surface area contributed by atoms with E-state index >= 15 is 0 Å². The molecule has 108 valence electrons. The van der Waals surface area contributed by atoms with Gasteiger partial charge >= 0.3 is 0 Å². The van der Waals surface area contributed by atoms with Crippen LogP contribution in [-0.2, 0) is 19.9 Å². The second kappa shape index (κ2) is 6.42. The molecule has 0 radical (unpaired) electrons. The lowest BCUT2D eigenvalue weighted by Crippen LogP contribution is -2.17. The zero-order chi connectivity index (χ0) is 14.7. The van der Waals surface area contributed by atoms with Crippen molar-refractivity contribution in [1.82, 2.24) is 9.78 Å². The Bertz CT molecular complexity index is 589. The van der Waals surface area contributed by atoms with E-state index < -0.39 is 0 Å². The van der Waals surface area contributed by atoms with Crippen LogP contribution >= 0.6 is 11.6 Å². The Hall–Kier alpha value is -1.32. The molecule has 0 aliphatic rings. The van der Waals surface area contributed by atoms with Gasteiger partial charge in [0.2, 0.25) is 0 Å². The van der Waals surface area contributed by atoms with Crippen LogP contribution in [-0.4, -0.2) is 16.3 Å². The molecule has 1 aromatic carbocycles. The van der Waals surface area contributed by atoms with Crippen molar-refractivity contribution in [2.24, 2.45) is 12.8 Å². The first-order valence-corrected chi connectivity index (χ1v) is 7.42. The summed E-state index contributed by atoms with van der Waals surface area (Å²) in [6.45, 7) is 4.80. The fourth-order valence-corrected chi connectivity index (χ4v) is 3.01. The predicted octanol–water partition coefficient (Wildman–Crippen LogP) is 3.23. The fraction of sp³-hybridized carbons (Fsp3) is 0.438. The van der Waals surface area contributed by atoms with E-state index in [0.29, 0.717) is 6.54 Å². The second-order valence-corrected chi connectivity index (χ2v) is 5.56. The Morgan fingerprint density at radius 2 is 2.05 bits per heavy atom. The summed E-state index contributed by atoms with van der Waals surface area (Å²) in [5.74, 6) is 0.272. The van der Waals surface area contributed by atoms with E-state index in [-0.39, 0.29) is 5.92 Å². The Morgan fingerprint density at radius 3 is 2.60 bits per heavy atom. The van der Waals surface area contributed by atoms with Crippen LogP contribution in [0.5, 0.6) is 0 Å². The van der Waals surface area contributed by atoms with E-state index in [1.165, 1.54) is 11.1 Å². The van der Waals surface area contributed by atoms with Crippen LogP contribution in [0.4, 0.5) is 0 Å². The molecule has 0 bridgehead atoms. The smallest absolute Gasteiger partial charge is 0.0849 e. The second-order valence-electron chi connectivity index (χ2n) is 5.18. The van der Waals surface area contributed by atoms with Crippen molar-refractivity contribution in [3.63, 3.8) is 0 Å². The van der Waals surface area contributed by atoms with Gasteiger partial charge in [-0.3, -0.25) is 4.68 Å². The molecule has 4 heteroatoms. The number of hydrogen-bond acceptors (Lipinski definition) is 2. The van der Waals surface area contributed by atoms with Crippen LogP contribution in [0.2, 0.25) is 5.02 Å². The molecule has 1 heterocycles. The van der Waals surface area contributed by atoms with Crippen molar-refractivity contribution in [1.29, 1.82) is 0 Å². The van der Waals surface area contributed by atoms with Gasteiger partial charge in [-0.1, -0.05) is 42.8 Å². The summed E-state index contributed by atoms with van der Waals surface area (Å²) in [7, 11) is 1.95. The highest BCUT2D eigenvalue weighted by molar-refractivity contribution is 6.31. The molecular formula is C16H22ClN3. The van der Waals surface area contributed by atoms with Crippen LogP contribution in [0, 0.1) is 6.92 Å². The maximum Gasteiger partial charge on any atom is 0.0849 e. The summed E-state index contributed by atoms with van der Waals surface area (Å²) in [6, 6.07) is 8.39. The maximum atomic E-state index is 6.43. The third kappa shape index (κ3) is 2.89. The molecule has 2 aromatic rings. The number of hydrogen-bond donors (Lipinski definition) is 1. The number of aromatic nitrogens is 2. The fourth-order valence-electron chi connectivity index (χ4n) is 2.64. The first-order valence-electron chi connectivity index (χ1n) is 7.04. The molecule has 1 atom stereocenters. The van der Waals surface area contributed by atoms with Gasteiger partial charge in [-0.05, 0) is 37.4 Å².